The van der Waals surface area contributed by atoms with Gasteiger partial charge in [0.05, 0.1) is 39.8 Å². The molecule has 0 N–H and O–H groups in total. The van der Waals surface area contributed by atoms with Gasteiger partial charge in [0.1, 0.15) is 4.99 Å². The lowest BCUT2D eigenvalue weighted by atomic mass is 9.94. The molecule has 0 spiro atoms. The Morgan fingerprint density at radius 2 is 0.503 bits per heavy atom. The molecule has 0 saturated carbocycles. The largest absolute Gasteiger partial charge is 0.335 e. The zero-order valence-corrected chi connectivity index (χ0v) is 83.3. The Hall–Kier alpha value is -17.3. The van der Waals surface area contributed by atoms with E-state index < -0.39 is 0 Å². The maximum absolute atomic E-state index is 12.4. The van der Waals surface area contributed by atoms with Gasteiger partial charge in [-0.1, -0.05) is 307 Å². The number of benzene rings is 20. The molecule has 0 aromatic heterocycles. The summed E-state index contributed by atoms with van der Waals surface area (Å²) in [5.74, 6) is 6.98. The Labute approximate surface area is 837 Å². The van der Waals surface area contributed by atoms with Gasteiger partial charge in [0.15, 0.2) is 0 Å². The average Bonchev–Trinajstić information content (AvgIpc) is 1.62. The molecule has 0 radical (unpaired) electrons. The van der Waals surface area contributed by atoms with Gasteiger partial charge >= 0.3 is 0 Å². The minimum absolute atomic E-state index is 0.0323. The van der Waals surface area contributed by atoms with Gasteiger partial charge in [-0.3, -0.25) is 28.8 Å². The Morgan fingerprint density at radius 3 is 0.881 bits per heavy atom. The number of carbonyl (C=O) groups excluding carboxylic acids is 6. The first kappa shape index (κ1) is 92.1. The number of thiocarbonyl (C=S) groups is 1. The van der Waals surface area contributed by atoms with E-state index in [0.29, 0.717) is 0 Å². The maximum Gasteiger partial charge on any atom is 0.258 e. The number of nitrogens with zero attached hydrogens (tertiary/aromatic N) is 7. The van der Waals surface area contributed by atoms with Crippen molar-refractivity contribution in [2.24, 2.45) is 5.41 Å². The molecule has 0 unspecified atom stereocenters. The minimum Gasteiger partial charge on any atom is -0.335 e. The highest BCUT2D eigenvalue weighted by Crippen LogP contribution is 2.49. The van der Waals surface area contributed by atoms with Crippen molar-refractivity contribution in [3.63, 3.8) is 0 Å². The number of hydrogen-bond acceptors (Lipinski definition) is 7. The molecule has 0 bridgehead atoms. The zero-order chi connectivity index (χ0) is 99.6. The molecule has 0 aliphatic carbocycles. The van der Waals surface area contributed by atoms with Gasteiger partial charge in [-0.15, -0.1) is 0 Å². The van der Waals surface area contributed by atoms with Crippen LogP contribution in [-0.4, -0.2) is 89.8 Å². The molecule has 14 heteroatoms. The van der Waals surface area contributed by atoms with E-state index in [1.54, 1.807) is 29.4 Å². The smallest absolute Gasteiger partial charge is 0.258 e. The van der Waals surface area contributed by atoms with Crippen LogP contribution in [-0.2, 0) is 0 Å². The van der Waals surface area contributed by atoms with Crippen LogP contribution in [0.1, 0.15) is 122 Å². The highest BCUT2D eigenvalue weighted by molar-refractivity contribution is 7.81. The van der Waals surface area contributed by atoms with Gasteiger partial charge in [0.2, 0.25) is 0 Å². The van der Waals surface area contributed by atoms with Crippen LogP contribution in [0.15, 0.2) is 352 Å². The molecule has 7 aliphatic rings. The van der Waals surface area contributed by atoms with E-state index >= 15 is 0 Å². The Bertz CT molecular complexity index is 8760. The second-order valence-electron chi connectivity index (χ2n) is 38.9. The van der Waals surface area contributed by atoms with Gasteiger partial charge in [-0.25, -0.2) is 0 Å². The molecule has 20 aromatic rings. The summed E-state index contributed by atoms with van der Waals surface area (Å²) in [7, 11) is 13.0. The lowest BCUT2D eigenvalue weighted by molar-refractivity contribution is 0.0991. The highest BCUT2D eigenvalue weighted by Gasteiger charge is 2.35. The Kier molecular flexibility index (Phi) is 23.5. The van der Waals surface area contributed by atoms with Crippen LogP contribution in [0.25, 0.3) is 142 Å². The average molecular weight is 1880 g/mol. The summed E-state index contributed by atoms with van der Waals surface area (Å²) in [6.07, 6.45) is 0. The third kappa shape index (κ3) is 16.1. The van der Waals surface area contributed by atoms with Gasteiger partial charge in [0.25, 0.3) is 35.4 Å². The summed E-state index contributed by atoms with van der Waals surface area (Å²) in [5.41, 5.74) is 32.3. The molecule has 696 valence electrons. The highest BCUT2D eigenvalue weighted by atomic mass is 32.1. The van der Waals surface area contributed by atoms with E-state index in [9.17, 15) is 28.8 Å². The van der Waals surface area contributed by atoms with Crippen molar-refractivity contribution in [3.8, 4) is 67.5 Å². The van der Waals surface area contributed by atoms with E-state index in [0.717, 1.165) is 143 Å². The second-order valence-corrected chi connectivity index (χ2v) is 39.3. The van der Waals surface area contributed by atoms with E-state index in [2.05, 4.69) is 297 Å². The fraction of sp³-hybridized carbons (Fsp3) is 0.124. The summed E-state index contributed by atoms with van der Waals surface area (Å²) in [4.78, 5) is 87.2. The predicted molar refractivity (Wildman–Crippen MR) is 599 cm³/mol. The number of carbonyl (C=O) groups is 6. The standard InChI is InChI=1S/C22H15NO.C20H17NO.2C19H15NO.C18H13NO.C18H17NO.C13H11NS/c1-23-20-12-11-17(18-7-4-8-19(21(18)20)22(23)24)16-10-9-14-5-2-3-6-15(14)13-16;1-12-9-13(2)11-14(10-12)15-7-8-18-19-16(15)5-4-6-17(19)20(22)21(18)3;2*1-12-6-8-13(9-7-12)14-10-11-17-18-15(14)4-3-5-16(18)19(21)20(17)2;1-19-16-11-10-13(12-6-3-2-4-7-12)14-8-5-9-15(17(14)16)18(19)20;1-18(2,3)11-10-12-8-9-15-16-13(12)6-5-7-14(16)17(20)19(15)4;1-8-6-7-11-12-9(8)4-3-5-10(12)13(15)14(11)2/h2-13H,1H3;4-11H,1-3H3;2*3-11H,1-2H3;2-11H,1H3;5-9H,1-4H3;3-7H,1-2H3. The van der Waals surface area contributed by atoms with Crippen molar-refractivity contribution < 1.29 is 28.8 Å². The first-order valence-corrected chi connectivity index (χ1v) is 48.5. The SMILES string of the molecule is CN1C(=O)c2cccc3c(-c4ccc5ccccc5c4)ccc1c23.CN1C(=O)c2cccc3c(-c4ccccc4)ccc1c23.CN1C(=O)c2cccc3c(C#CC(C)(C)C)ccc1c23.Cc1cc(C)cc(-c2ccc3c4c(cccc24)C(=O)N3C)c1.Cc1ccc(-c2ccc3c4c(cccc24)C(=O)N3C)cc1.Cc1ccc(-c2ccc3c4c(cccc24)C(=O)N3C)cc1.Cc1ccc2c3c(cccc13)C(=S)N2C. The number of fused-ring (bicyclic) bond motifs is 1. The first-order valence-electron chi connectivity index (χ1n) is 48.1. The number of rotatable bonds is 5. The number of hydrogen-bond donors (Lipinski definition) is 0. The predicted octanol–water partition coefficient (Wildman–Crippen LogP) is 30.0. The van der Waals surface area contributed by atoms with Crippen LogP contribution in [0.2, 0.25) is 0 Å². The minimum atomic E-state index is -0.0323. The third-order valence-corrected chi connectivity index (χ3v) is 29.1. The van der Waals surface area contributed by atoms with Crippen LogP contribution in [0.4, 0.5) is 39.8 Å². The van der Waals surface area contributed by atoms with Crippen LogP contribution in [0.5, 0.6) is 0 Å². The first-order chi connectivity index (χ1) is 69.0. The fourth-order valence-electron chi connectivity index (χ4n) is 21.3. The van der Waals surface area contributed by atoms with Crippen LogP contribution >= 0.6 is 12.2 Å². The van der Waals surface area contributed by atoms with Gasteiger partial charge in [0, 0.05) is 142 Å². The van der Waals surface area contributed by atoms with Crippen molar-refractivity contribution >= 4 is 179 Å². The maximum atomic E-state index is 12.4. The van der Waals surface area contributed by atoms with Gasteiger partial charge < -0.3 is 34.3 Å². The Balaban J connectivity index is 0.0000000988. The molecule has 20 aromatic carbocycles. The molecule has 143 heavy (non-hydrogen) atoms. The van der Waals surface area contributed by atoms with Crippen LogP contribution in [0.3, 0.4) is 0 Å². The normalized spacial score (nSPS) is 13.4. The fourth-order valence-corrected chi connectivity index (χ4v) is 21.6. The van der Waals surface area contributed by atoms with Crippen molar-refractivity contribution in [1.82, 2.24) is 0 Å². The van der Waals surface area contributed by atoms with Crippen molar-refractivity contribution in [2.75, 3.05) is 83.6 Å². The molecule has 0 saturated heterocycles. The summed E-state index contributed by atoms with van der Waals surface area (Å²) in [6, 6.07) is 120. The van der Waals surface area contributed by atoms with Crippen molar-refractivity contribution in [1.29, 1.82) is 0 Å². The molecule has 6 amide bonds. The van der Waals surface area contributed by atoms with Gasteiger partial charge in [-0.2, -0.15) is 0 Å². The van der Waals surface area contributed by atoms with Crippen molar-refractivity contribution in [2.45, 2.75) is 55.4 Å². The topological polar surface area (TPSA) is 125 Å². The van der Waals surface area contributed by atoms with Gasteiger partial charge in [-0.05, 0) is 251 Å². The van der Waals surface area contributed by atoms with E-state index in [4.69, 9.17) is 12.2 Å². The van der Waals surface area contributed by atoms with Crippen LogP contribution < -0.4 is 34.3 Å². The molecular weight excluding hydrogens is 1780 g/mol. The number of amides is 6. The molecule has 7 heterocycles. The lowest BCUT2D eigenvalue weighted by Gasteiger charge is -2.13. The third-order valence-electron chi connectivity index (χ3n) is 28.6. The quantitative estimate of drug-likeness (QED) is 0.123. The van der Waals surface area contributed by atoms with E-state index in [1.807, 2.05) is 177 Å². The molecular formula is C129H103N7O6S. The summed E-state index contributed by atoms with van der Waals surface area (Å²) >= 11 is 5.43. The second kappa shape index (κ2) is 36.5. The number of aryl methyl sites for hydroxylation is 5. The Morgan fingerprint density at radius 1 is 0.217 bits per heavy atom. The molecule has 7 aliphatic heterocycles. The lowest BCUT2D eigenvalue weighted by Crippen LogP contribution is -2.20. The monoisotopic (exact) mass is 1880 g/mol. The molecule has 27 rings (SSSR count). The summed E-state index contributed by atoms with van der Waals surface area (Å²) in [6.45, 7) is 16.8. The molecule has 0 atom stereocenters. The summed E-state index contributed by atoms with van der Waals surface area (Å²) < 4.78 is 0. The molecule has 0 fully saturated rings. The van der Waals surface area contributed by atoms with E-state index in [-0.39, 0.29) is 40.9 Å². The van der Waals surface area contributed by atoms with Crippen LogP contribution in [0, 0.1) is 51.9 Å². The molecule has 13 nitrogen and oxygen atoms in total. The van der Waals surface area contributed by atoms with Crippen molar-refractivity contribution in [3.05, 3.63) is 424 Å². The summed E-state index contributed by atoms with van der Waals surface area (Å²) in [5, 5.41) is 18.3. The van der Waals surface area contributed by atoms with E-state index in [1.165, 1.54) is 116 Å². The zero-order valence-electron chi connectivity index (χ0n) is 82.5. The number of anilines is 7.